The average molecular weight is 414 g/mol. The summed E-state index contributed by atoms with van der Waals surface area (Å²) >= 11 is 2.02. The first kappa shape index (κ1) is 23.3. The van der Waals surface area contributed by atoms with Crippen molar-refractivity contribution in [3.8, 4) is 0 Å². The summed E-state index contributed by atoms with van der Waals surface area (Å²) in [6, 6.07) is 0. The summed E-state index contributed by atoms with van der Waals surface area (Å²) in [5.41, 5.74) is 0.166. The van der Waals surface area contributed by atoms with Crippen LogP contribution in [-0.2, 0) is 9.53 Å². The van der Waals surface area contributed by atoms with E-state index < -0.39 is 0 Å². The highest BCUT2D eigenvalue weighted by Gasteiger charge is 2.40. The second-order valence-corrected chi connectivity index (χ2v) is 8.24. The van der Waals surface area contributed by atoms with Crippen molar-refractivity contribution in [3.05, 3.63) is 0 Å². The monoisotopic (exact) mass is 413 g/mol. The predicted molar refractivity (Wildman–Crippen MR) is 109 cm³/mol. The van der Waals surface area contributed by atoms with Gasteiger partial charge in [-0.05, 0) is 50.4 Å². The molecule has 0 radical (unpaired) electrons. The number of amides is 1. The second-order valence-electron chi connectivity index (χ2n) is 7.14. The van der Waals surface area contributed by atoms with Gasteiger partial charge in [0.2, 0.25) is 5.91 Å². The molecule has 25 heavy (non-hydrogen) atoms. The van der Waals surface area contributed by atoms with Crippen molar-refractivity contribution in [3.63, 3.8) is 0 Å². The van der Waals surface area contributed by atoms with E-state index in [9.17, 15) is 4.79 Å². The Bertz CT molecular complexity index is 386. The molecule has 8 heteroatoms. The molecule has 1 unspecified atom stereocenters. The third kappa shape index (κ3) is 6.74. The Morgan fingerprint density at radius 1 is 1.24 bits per heavy atom. The number of piperidine rings is 1. The molecule has 2 N–H and O–H groups in total. The van der Waals surface area contributed by atoms with E-state index in [1.165, 1.54) is 25.0 Å². The molecule has 3 rings (SSSR count). The Morgan fingerprint density at radius 2 is 1.96 bits per heavy atom. The molecule has 0 aromatic heterocycles. The fourth-order valence-electron chi connectivity index (χ4n) is 3.99. The molecule has 3 aliphatic rings. The van der Waals surface area contributed by atoms with E-state index in [-0.39, 0.29) is 36.3 Å². The zero-order chi connectivity index (χ0) is 16.0. The normalized spacial score (nSPS) is 28.0. The van der Waals surface area contributed by atoms with Crippen LogP contribution in [0.25, 0.3) is 0 Å². The van der Waals surface area contributed by atoms with Crippen LogP contribution in [0.4, 0.5) is 0 Å². The molecule has 3 fully saturated rings. The first-order valence-corrected chi connectivity index (χ1v) is 10.3. The molecule has 1 atom stereocenters. The number of hydrogen-bond acceptors (Lipinski definition) is 5. The Morgan fingerprint density at radius 3 is 2.60 bits per heavy atom. The molecule has 1 amide bonds. The summed E-state index contributed by atoms with van der Waals surface area (Å²) in [4.78, 5) is 14.8. The van der Waals surface area contributed by atoms with Gasteiger partial charge in [0.25, 0.3) is 0 Å². The molecular weight excluding hydrogens is 381 g/mol. The first-order valence-electron chi connectivity index (χ1n) is 9.16. The molecule has 0 saturated carbocycles. The lowest BCUT2D eigenvalue weighted by atomic mass is 9.92. The van der Waals surface area contributed by atoms with Gasteiger partial charge in [0.05, 0.1) is 13.2 Å². The highest BCUT2D eigenvalue weighted by atomic mass is 35.5. The highest BCUT2D eigenvalue weighted by Crippen LogP contribution is 2.33. The molecule has 0 aromatic rings. The van der Waals surface area contributed by atoms with Crippen LogP contribution in [0, 0.1) is 5.92 Å². The van der Waals surface area contributed by atoms with Crippen molar-refractivity contribution >= 4 is 42.5 Å². The topological polar surface area (TPSA) is 53.6 Å². The molecule has 0 aromatic carbocycles. The van der Waals surface area contributed by atoms with Crippen LogP contribution in [0.15, 0.2) is 0 Å². The van der Waals surface area contributed by atoms with Crippen molar-refractivity contribution in [1.82, 2.24) is 15.5 Å². The lowest BCUT2D eigenvalue weighted by Crippen LogP contribution is -2.59. The van der Waals surface area contributed by atoms with Crippen molar-refractivity contribution in [2.24, 2.45) is 5.92 Å². The maximum atomic E-state index is 12.3. The third-order valence-corrected chi connectivity index (χ3v) is 6.85. The molecule has 0 spiro atoms. The van der Waals surface area contributed by atoms with Crippen LogP contribution >= 0.6 is 36.6 Å². The number of ether oxygens (including phenoxy) is 1. The summed E-state index contributed by atoms with van der Waals surface area (Å²) in [7, 11) is 0. The van der Waals surface area contributed by atoms with Crippen LogP contribution in [0.3, 0.4) is 0 Å². The van der Waals surface area contributed by atoms with Gasteiger partial charge in [0.15, 0.2) is 0 Å². The van der Waals surface area contributed by atoms with Gasteiger partial charge in [0.1, 0.15) is 0 Å². The van der Waals surface area contributed by atoms with Gasteiger partial charge in [-0.25, -0.2) is 0 Å². The van der Waals surface area contributed by atoms with Crippen molar-refractivity contribution in [2.45, 2.75) is 37.6 Å². The number of carbonyl (C=O) groups excluding carboxylic acids is 1. The summed E-state index contributed by atoms with van der Waals surface area (Å²) in [5.74, 6) is 3.33. The van der Waals surface area contributed by atoms with Crippen LogP contribution in [0.2, 0.25) is 0 Å². The Labute approximate surface area is 168 Å². The standard InChI is InChI=1S/C17H31N3O2S.2ClH/c21-16(2-1-15-3-6-18-7-4-15)19-13-17(5-12-23-14-17)20-8-10-22-11-9-20;;/h15,18H,1-14H2,(H,19,21);2*1H. The second kappa shape index (κ2) is 11.9. The van der Waals surface area contributed by atoms with Crippen molar-refractivity contribution < 1.29 is 9.53 Å². The maximum Gasteiger partial charge on any atom is 0.220 e. The number of rotatable bonds is 6. The molecule has 148 valence electrons. The number of morpholine rings is 1. The predicted octanol–water partition coefficient (Wildman–Crippen LogP) is 1.93. The van der Waals surface area contributed by atoms with Crippen molar-refractivity contribution in [1.29, 1.82) is 0 Å². The summed E-state index contributed by atoms with van der Waals surface area (Å²) in [6.45, 7) is 6.71. The minimum atomic E-state index is 0. The van der Waals surface area contributed by atoms with Crippen LogP contribution in [0.5, 0.6) is 0 Å². The zero-order valence-electron chi connectivity index (χ0n) is 15.0. The van der Waals surface area contributed by atoms with Gasteiger partial charge >= 0.3 is 0 Å². The number of nitrogens with zero attached hydrogens (tertiary/aromatic N) is 1. The largest absolute Gasteiger partial charge is 0.379 e. The molecule has 3 aliphatic heterocycles. The first-order chi connectivity index (χ1) is 11.3. The number of halogens is 2. The summed E-state index contributed by atoms with van der Waals surface area (Å²) in [6.07, 6.45) is 5.37. The lowest BCUT2D eigenvalue weighted by Gasteiger charge is -2.43. The average Bonchev–Trinajstić information content (AvgIpc) is 3.10. The van der Waals surface area contributed by atoms with Crippen LogP contribution in [0.1, 0.15) is 32.1 Å². The van der Waals surface area contributed by atoms with Gasteiger partial charge < -0.3 is 15.4 Å². The highest BCUT2D eigenvalue weighted by molar-refractivity contribution is 7.99. The maximum absolute atomic E-state index is 12.3. The molecule has 5 nitrogen and oxygen atoms in total. The quantitative estimate of drug-likeness (QED) is 0.696. The van der Waals surface area contributed by atoms with Gasteiger partial charge in [0, 0.05) is 37.3 Å². The Balaban J connectivity index is 0.00000156. The molecule has 3 saturated heterocycles. The number of carbonyl (C=O) groups is 1. The van der Waals surface area contributed by atoms with Gasteiger partial charge in [-0.2, -0.15) is 11.8 Å². The smallest absolute Gasteiger partial charge is 0.220 e. The van der Waals surface area contributed by atoms with E-state index in [0.717, 1.165) is 64.0 Å². The zero-order valence-corrected chi connectivity index (χ0v) is 17.4. The SMILES string of the molecule is Cl.Cl.O=C(CCC1CCNCC1)NCC1(N2CCOCC2)CCSC1. The van der Waals surface area contributed by atoms with E-state index in [0.29, 0.717) is 6.42 Å². The lowest BCUT2D eigenvalue weighted by molar-refractivity contribution is -0.122. The van der Waals surface area contributed by atoms with E-state index in [2.05, 4.69) is 15.5 Å². The summed E-state index contributed by atoms with van der Waals surface area (Å²) < 4.78 is 5.49. The summed E-state index contributed by atoms with van der Waals surface area (Å²) in [5, 5.41) is 6.64. The fraction of sp³-hybridized carbons (Fsp3) is 0.941. The molecular formula is C17H33Cl2N3O2S. The van der Waals surface area contributed by atoms with E-state index in [1.807, 2.05) is 11.8 Å². The number of thioether (sulfide) groups is 1. The van der Waals surface area contributed by atoms with Crippen LogP contribution in [-0.4, -0.2) is 73.8 Å². The van der Waals surface area contributed by atoms with E-state index in [4.69, 9.17) is 4.74 Å². The van der Waals surface area contributed by atoms with E-state index >= 15 is 0 Å². The number of hydrogen-bond donors (Lipinski definition) is 2. The van der Waals surface area contributed by atoms with Gasteiger partial charge in [-0.3, -0.25) is 9.69 Å². The van der Waals surface area contributed by atoms with Crippen LogP contribution < -0.4 is 10.6 Å². The van der Waals surface area contributed by atoms with E-state index in [1.54, 1.807) is 0 Å². The third-order valence-electron chi connectivity index (χ3n) is 5.62. The van der Waals surface area contributed by atoms with Crippen molar-refractivity contribution in [2.75, 3.05) is 57.4 Å². The fourth-order valence-corrected chi connectivity index (χ4v) is 5.47. The molecule has 3 heterocycles. The minimum absolute atomic E-state index is 0. The van der Waals surface area contributed by atoms with Gasteiger partial charge in [-0.1, -0.05) is 0 Å². The number of nitrogens with one attached hydrogen (secondary N) is 2. The minimum Gasteiger partial charge on any atom is -0.379 e. The Kier molecular flexibility index (Phi) is 11.1. The molecule has 0 aliphatic carbocycles. The molecule has 0 bridgehead atoms. The van der Waals surface area contributed by atoms with Gasteiger partial charge in [-0.15, -0.1) is 24.8 Å². The Hall–Kier alpha value is 0.280.